The molecule has 0 bridgehead atoms. The van der Waals surface area contributed by atoms with E-state index >= 15 is 0 Å². The SMILES string of the molecule is COc1ccccc1CNc1nncc2ccccc12. The first kappa shape index (κ1) is 12.4. The van der Waals surface area contributed by atoms with E-state index in [-0.39, 0.29) is 0 Å². The van der Waals surface area contributed by atoms with Gasteiger partial charge in [0, 0.05) is 22.9 Å². The van der Waals surface area contributed by atoms with Crippen molar-refractivity contribution < 1.29 is 4.74 Å². The molecule has 0 radical (unpaired) electrons. The van der Waals surface area contributed by atoms with Crippen LogP contribution in [0.3, 0.4) is 0 Å². The fourth-order valence-corrected chi connectivity index (χ4v) is 2.19. The third-order valence-corrected chi connectivity index (χ3v) is 3.21. The van der Waals surface area contributed by atoms with Crippen LogP contribution in [0.15, 0.2) is 54.7 Å². The monoisotopic (exact) mass is 265 g/mol. The molecular weight excluding hydrogens is 250 g/mol. The van der Waals surface area contributed by atoms with Gasteiger partial charge in [0.25, 0.3) is 0 Å². The number of para-hydroxylation sites is 1. The van der Waals surface area contributed by atoms with E-state index in [2.05, 4.69) is 15.5 Å². The van der Waals surface area contributed by atoms with Crippen LogP contribution >= 0.6 is 0 Å². The lowest BCUT2D eigenvalue weighted by atomic mass is 10.1. The van der Waals surface area contributed by atoms with Crippen molar-refractivity contribution in [3.05, 3.63) is 60.3 Å². The van der Waals surface area contributed by atoms with Gasteiger partial charge in [0.2, 0.25) is 0 Å². The van der Waals surface area contributed by atoms with Crippen LogP contribution in [-0.2, 0) is 6.54 Å². The number of nitrogens with one attached hydrogen (secondary N) is 1. The highest BCUT2D eigenvalue weighted by Gasteiger charge is 2.05. The summed E-state index contributed by atoms with van der Waals surface area (Å²) in [5, 5.41) is 13.7. The van der Waals surface area contributed by atoms with Crippen LogP contribution in [0.5, 0.6) is 5.75 Å². The highest BCUT2D eigenvalue weighted by molar-refractivity contribution is 5.90. The molecule has 4 nitrogen and oxygen atoms in total. The van der Waals surface area contributed by atoms with Gasteiger partial charge in [-0.3, -0.25) is 0 Å². The summed E-state index contributed by atoms with van der Waals surface area (Å²) in [6.45, 7) is 0.646. The second-order valence-electron chi connectivity index (χ2n) is 4.45. The molecule has 0 aliphatic carbocycles. The summed E-state index contributed by atoms with van der Waals surface area (Å²) in [5.41, 5.74) is 1.09. The minimum atomic E-state index is 0.646. The van der Waals surface area contributed by atoms with E-state index in [0.29, 0.717) is 6.54 Å². The molecule has 1 aromatic heterocycles. The summed E-state index contributed by atoms with van der Waals surface area (Å²) >= 11 is 0. The molecule has 1 N–H and O–H groups in total. The molecule has 100 valence electrons. The Morgan fingerprint density at radius 2 is 1.85 bits per heavy atom. The minimum Gasteiger partial charge on any atom is -0.496 e. The van der Waals surface area contributed by atoms with E-state index in [4.69, 9.17) is 4.74 Å². The van der Waals surface area contributed by atoms with E-state index in [1.54, 1.807) is 13.3 Å². The molecule has 0 saturated carbocycles. The van der Waals surface area contributed by atoms with Crippen LogP contribution in [0.2, 0.25) is 0 Å². The normalized spacial score (nSPS) is 10.4. The fourth-order valence-electron chi connectivity index (χ4n) is 2.19. The van der Waals surface area contributed by atoms with Crippen molar-refractivity contribution in [2.75, 3.05) is 12.4 Å². The molecule has 3 aromatic rings. The van der Waals surface area contributed by atoms with Gasteiger partial charge in [-0.15, -0.1) is 5.10 Å². The number of rotatable bonds is 4. The second-order valence-corrected chi connectivity index (χ2v) is 4.45. The molecule has 0 fully saturated rings. The maximum atomic E-state index is 5.35. The Morgan fingerprint density at radius 1 is 1.05 bits per heavy atom. The molecular formula is C16H15N3O. The van der Waals surface area contributed by atoms with Crippen molar-refractivity contribution in [3.8, 4) is 5.75 Å². The number of anilines is 1. The molecule has 4 heteroatoms. The average Bonchev–Trinajstić information content (AvgIpc) is 2.53. The largest absolute Gasteiger partial charge is 0.496 e. The number of nitrogens with zero attached hydrogens (tertiary/aromatic N) is 2. The lowest BCUT2D eigenvalue weighted by molar-refractivity contribution is 0.410. The van der Waals surface area contributed by atoms with Gasteiger partial charge in [-0.05, 0) is 6.07 Å². The highest BCUT2D eigenvalue weighted by atomic mass is 16.5. The Bertz CT molecular complexity index is 722. The molecule has 3 rings (SSSR count). The fraction of sp³-hybridized carbons (Fsp3) is 0.125. The zero-order chi connectivity index (χ0) is 13.8. The summed E-state index contributed by atoms with van der Waals surface area (Å²) in [4.78, 5) is 0. The quantitative estimate of drug-likeness (QED) is 0.786. The van der Waals surface area contributed by atoms with Gasteiger partial charge in [-0.1, -0.05) is 42.5 Å². The summed E-state index contributed by atoms with van der Waals surface area (Å²) in [6, 6.07) is 16.0. The van der Waals surface area contributed by atoms with Crippen LogP contribution < -0.4 is 10.1 Å². The molecule has 2 aromatic carbocycles. The van der Waals surface area contributed by atoms with E-state index < -0.39 is 0 Å². The van der Waals surface area contributed by atoms with Gasteiger partial charge in [-0.2, -0.15) is 5.10 Å². The Balaban J connectivity index is 1.87. The molecule has 0 atom stereocenters. The molecule has 0 saturated heterocycles. The van der Waals surface area contributed by atoms with Gasteiger partial charge in [0.1, 0.15) is 5.75 Å². The third kappa shape index (κ3) is 2.40. The first-order valence-electron chi connectivity index (χ1n) is 6.44. The molecule has 0 unspecified atom stereocenters. The molecule has 0 spiro atoms. The van der Waals surface area contributed by atoms with Crippen LogP contribution in [-0.4, -0.2) is 17.3 Å². The second kappa shape index (κ2) is 5.57. The molecule has 20 heavy (non-hydrogen) atoms. The first-order chi connectivity index (χ1) is 9.88. The molecule has 1 heterocycles. The van der Waals surface area contributed by atoms with Gasteiger partial charge in [0.05, 0.1) is 13.3 Å². The number of benzene rings is 2. The van der Waals surface area contributed by atoms with Crippen molar-refractivity contribution in [1.29, 1.82) is 0 Å². The van der Waals surface area contributed by atoms with Gasteiger partial charge >= 0.3 is 0 Å². The van der Waals surface area contributed by atoms with Crippen LogP contribution in [0.1, 0.15) is 5.56 Å². The highest BCUT2D eigenvalue weighted by Crippen LogP contribution is 2.22. The number of aromatic nitrogens is 2. The van der Waals surface area contributed by atoms with E-state index in [1.807, 2.05) is 48.5 Å². The minimum absolute atomic E-state index is 0.646. The number of methoxy groups -OCH3 is 1. The number of hydrogen-bond donors (Lipinski definition) is 1. The smallest absolute Gasteiger partial charge is 0.156 e. The van der Waals surface area contributed by atoms with Crippen molar-refractivity contribution in [3.63, 3.8) is 0 Å². The molecule has 0 amide bonds. The Kier molecular flexibility index (Phi) is 3.46. The Hall–Kier alpha value is -2.62. The Morgan fingerprint density at radius 3 is 2.75 bits per heavy atom. The topological polar surface area (TPSA) is 47.0 Å². The summed E-state index contributed by atoms with van der Waals surface area (Å²) in [5.74, 6) is 1.65. The van der Waals surface area contributed by atoms with Gasteiger partial charge < -0.3 is 10.1 Å². The number of hydrogen-bond acceptors (Lipinski definition) is 4. The van der Waals surface area contributed by atoms with Crippen LogP contribution in [0.4, 0.5) is 5.82 Å². The summed E-state index contributed by atoms with van der Waals surface area (Å²) in [7, 11) is 1.68. The van der Waals surface area contributed by atoms with Gasteiger partial charge in [-0.25, -0.2) is 0 Å². The third-order valence-electron chi connectivity index (χ3n) is 3.21. The van der Waals surface area contributed by atoms with Crippen LogP contribution in [0, 0.1) is 0 Å². The maximum absolute atomic E-state index is 5.35. The standard InChI is InChI=1S/C16H15N3O/c1-20-15-9-5-3-7-13(15)10-17-16-14-8-4-2-6-12(14)11-18-19-16/h2-9,11H,10H2,1H3,(H,17,19). The van der Waals surface area contributed by atoms with E-state index in [1.165, 1.54) is 0 Å². The number of fused-ring (bicyclic) bond motifs is 1. The first-order valence-corrected chi connectivity index (χ1v) is 6.44. The lowest BCUT2D eigenvalue weighted by Gasteiger charge is -2.10. The Labute approximate surface area is 117 Å². The summed E-state index contributed by atoms with van der Waals surface area (Å²) < 4.78 is 5.35. The van der Waals surface area contributed by atoms with Crippen molar-refractivity contribution in [1.82, 2.24) is 10.2 Å². The molecule has 0 aliphatic rings. The van der Waals surface area contributed by atoms with Gasteiger partial charge in [0.15, 0.2) is 5.82 Å². The summed E-state index contributed by atoms with van der Waals surface area (Å²) in [6.07, 6.45) is 1.77. The predicted octanol–water partition coefficient (Wildman–Crippen LogP) is 3.25. The molecule has 0 aliphatic heterocycles. The van der Waals surface area contributed by atoms with Crippen molar-refractivity contribution >= 4 is 16.6 Å². The van der Waals surface area contributed by atoms with E-state index in [9.17, 15) is 0 Å². The van der Waals surface area contributed by atoms with E-state index in [0.717, 1.165) is 27.9 Å². The lowest BCUT2D eigenvalue weighted by Crippen LogP contribution is -2.04. The number of ether oxygens (including phenoxy) is 1. The van der Waals surface area contributed by atoms with Crippen molar-refractivity contribution in [2.24, 2.45) is 0 Å². The zero-order valence-corrected chi connectivity index (χ0v) is 11.2. The maximum Gasteiger partial charge on any atom is 0.156 e. The average molecular weight is 265 g/mol. The predicted molar refractivity (Wildman–Crippen MR) is 79.9 cm³/mol. The van der Waals surface area contributed by atoms with Crippen LogP contribution in [0.25, 0.3) is 10.8 Å². The zero-order valence-electron chi connectivity index (χ0n) is 11.2. The van der Waals surface area contributed by atoms with Crippen molar-refractivity contribution in [2.45, 2.75) is 6.54 Å².